The van der Waals surface area contributed by atoms with Crippen LogP contribution in [-0.2, 0) is 10.5 Å². The van der Waals surface area contributed by atoms with Crippen molar-refractivity contribution in [1.29, 1.82) is 5.26 Å². The number of anilines is 2. The van der Waals surface area contributed by atoms with E-state index in [0.29, 0.717) is 33.6 Å². The van der Waals surface area contributed by atoms with E-state index >= 15 is 0 Å². The van der Waals surface area contributed by atoms with Gasteiger partial charge in [0.1, 0.15) is 23.2 Å². The highest BCUT2D eigenvalue weighted by Gasteiger charge is 2.17. The number of carbonyl (C=O) groups is 1. The van der Waals surface area contributed by atoms with Crippen molar-refractivity contribution in [2.45, 2.75) is 24.8 Å². The number of thiazole rings is 1. The van der Waals surface area contributed by atoms with Gasteiger partial charge in [-0.05, 0) is 19.1 Å². The van der Waals surface area contributed by atoms with Gasteiger partial charge in [-0.1, -0.05) is 17.8 Å². The third-order valence-corrected chi connectivity index (χ3v) is 5.53. The van der Waals surface area contributed by atoms with E-state index in [-0.39, 0.29) is 17.3 Å². The standard InChI is InChI=1S/C19H18N6O2S2/c1-10(26)22-15-5-4-12(6-16(15)27-3)17-14(7-20)18(21)25-19(24-17)29-9-13-8-28-11(2)23-13/h4-6,8H,9H2,1-3H3,(H,22,26)(H2,21,24,25). The van der Waals surface area contributed by atoms with E-state index in [0.717, 1.165) is 10.7 Å². The lowest BCUT2D eigenvalue weighted by Crippen LogP contribution is -2.07. The third kappa shape index (κ3) is 4.82. The van der Waals surface area contributed by atoms with E-state index in [1.54, 1.807) is 29.5 Å². The van der Waals surface area contributed by atoms with Crippen molar-refractivity contribution in [2.75, 3.05) is 18.2 Å². The Morgan fingerprint density at radius 3 is 2.79 bits per heavy atom. The molecule has 8 nitrogen and oxygen atoms in total. The fourth-order valence-electron chi connectivity index (χ4n) is 2.58. The number of nitrogen functional groups attached to an aromatic ring is 1. The molecule has 10 heteroatoms. The highest BCUT2D eigenvalue weighted by atomic mass is 32.2. The van der Waals surface area contributed by atoms with Crippen molar-refractivity contribution < 1.29 is 9.53 Å². The Kier molecular flexibility index (Phi) is 6.31. The first kappa shape index (κ1) is 20.6. The third-order valence-electron chi connectivity index (χ3n) is 3.83. The van der Waals surface area contributed by atoms with Crippen molar-refractivity contribution in [3.05, 3.63) is 39.8 Å². The molecular weight excluding hydrogens is 408 g/mol. The highest BCUT2D eigenvalue weighted by molar-refractivity contribution is 7.98. The molecule has 0 spiro atoms. The van der Waals surface area contributed by atoms with Crippen molar-refractivity contribution in [1.82, 2.24) is 15.0 Å². The second kappa shape index (κ2) is 8.89. The Balaban J connectivity index is 1.98. The molecule has 0 aliphatic heterocycles. The van der Waals surface area contributed by atoms with Gasteiger partial charge < -0.3 is 15.8 Å². The van der Waals surface area contributed by atoms with Crippen LogP contribution in [0.3, 0.4) is 0 Å². The molecule has 0 saturated carbocycles. The quantitative estimate of drug-likeness (QED) is 0.452. The molecule has 1 amide bonds. The highest BCUT2D eigenvalue weighted by Crippen LogP contribution is 2.34. The average molecular weight is 427 g/mol. The van der Waals surface area contributed by atoms with Crippen LogP contribution in [0.5, 0.6) is 5.75 Å². The van der Waals surface area contributed by atoms with Crippen LogP contribution in [0.1, 0.15) is 23.2 Å². The predicted octanol–water partition coefficient (Wildman–Crippen LogP) is 3.62. The number of thioether (sulfide) groups is 1. The fourth-order valence-corrected chi connectivity index (χ4v) is 4.05. The van der Waals surface area contributed by atoms with E-state index in [9.17, 15) is 10.1 Å². The van der Waals surface area contributed by atoms with Crippen LogP contribution in [0.2, 0.25) is 0 Å². The second-order valence-corrected chi connectivity index (χ2v) is 7.97. The van der Waals surface area contributed by atoms with Crippen LogP contribution >= 0.6 is 23.1 Å². The molecule has 0 unspecified atom stereocenters. The van der Waals surface area contributed by atoms with Crippen LogP contribution in [0, 0.1) is 18.3 Å². The number of rotatable bonds is 6. The summed E-state index contributed by atoms with van der Waals surface area (Å²) in [6.07, 6.45) is 0. The van der Waals surface area contributed by atoms with Gasteiger partial charge in [0, 0.05) is 23.6 Å². The number of methoxy groups -OCH3 is 1. The van der Waals surface area contributed by atoms with Crippen LogP contribution < -0.4 is 15.8 Å². The number of ether oxygens (including phenoxy) is 1. The van der Waals surface area contributed by atoms with Gasteiger partial charge in [0.15, 0.2) is 5.16 Å². The molecule has 3 aromatic rings. The number of hydrogen-bond donors (Lipinski definition) is 2. The van der Waals surface area contributed by atoms with E-state index in [2.05, 4.69) is 26.3 Å². The zero-order chi connectivity index (χ0) is 21.0. The number of nitrogens with two attached hydrogens (primary N) is 1. The number of carbonyl (C=O) groups excluding carboxylic acids is 1. The summed E-state index contributed by atoms with van der Waals surface area (Å²) in [5.41, 5.74) is 8.71. The van der Waals surface area contributed by atoms with E-state index in [1.165, 1.54) is 25.8 Å². The maximum Gasteiger partial charge on any atom is 0.221 e. The van der Waals surface area contributed by atoms with Gasteiger partial charge in [0.25, 0.3) is 0 Å². The van der Waals surface area contributed by atoms with Gasteiger partial charge in [-0.3, -0.25) is 4.79 Å². The van der Waals surface area contributed by atoms with Gasteiger partial charge in [-0.2, -0.15) is 5.26 Å². The van der Waals surface area contributed by atoms with Gasteiger partial charge in [0.2, 0.25) is 5.91 Å². The molecule has 0 atom stereocenters. The summed E-state index contributed by atoms with van der Waals surface area (Å²) in [6.45, 7) is 3.37. The number of benzene rings is 1. The second-order valence-electron chi connectivity index (χ2n) is 5.97. The zero-order valence-corrected chi connectivity index (χ0v) is 17.6. The number of aryl methyl sites for hydroxylation is 1. The molecule has 3 N–H and O–H groups in total. The predicted molar refractivity (Wildman–Crippen MR) is 114 cm³/mol. The molecule has 29 heavy (non-hydrogen) atoms. The normalized spacial score (nSPS) is 10.4. The van der Waals surface area contributed by atoms with Crippen molar-refractivity contribution >= 4 is 40.5 Å². The lowest BCUT2D eigenvalue weighted by Gasteiger charge is -2.12. The number of aromatic nitrogens is 3. The molecule has 0 aliphatic rings. The fraction of sp³-hybridized carbons (Fsp3) is 0.211. The largest absolute Gasteiger partial charge is 0.495 e. The van der Waals surface area contributed by atoms with Crippen molar-refractivity contribution in [3.8, 4) is 23.1 Å². The maximum atomic E-state index is 11.4. The lowest BCUT2D eigenvalue weighted by atomic mass is 10.1. The number of nitriles is 1. The zero-order valence-electron chi connectivity index (χ0n) is 16.0. The monoisotopic (exact) mass is 426 g/mol. The molecular formula is C19H18N6O2S2. The van der Waals surface area contributed by atoms with Crippen LogP contribution in [0.4, 0.5) is 11.5 Å². The smallest absolute Gasteiger partial charge is 0.221 e. The SMILES string of the molecule is COc1cc(-c2nc(SCc3csc(C)n3)nc(N)c2C#N)ccc1NC(C)=O. The Labute approximate surface area is 176 Å². The number of hydrogen-bond acceptors (Lipinski definition) is 9. The van der Waals surface area contributed by atoms with Crippen LogP contribution in [-0.4, -0.2) is 28.0 Å². The molecule has 0 bridgehead atoms. The first-order chi connectivity index (χ1) is 13.9. The molecule has 148 valence electrons. The molecule has 0 radical (unpaired) electrons. The number of nitrogens with one attached hydrogen (secondary N) is 1. The van der Waals surface area contributed by atoms with Crippen LogP contribution in [0.15, 0.2) is 28.7 Å². The summed E-state index contributed by atoms with van der Waals surface area (Å²) in [5.74, 6) is 0.946. The minimum atomic E-state index is -0.212. The Morgan fingerprint density at radius 2 is 2.17 bits per heavy atom. The summed E-state index contributed by atoms with van der Waals surface area (Å²) in [5, 5.41) is 15.7. The number of amides is 1. The Hall–Kier alpha value is -3.16. The first-order valence-electron chi connectivity index (χ1n) is 8.48. The minimum absolute atomic E-state index is 0.111. The molecule has 0 fully saturated rings. The van der Waals surface area contributed by atoms with Gasteiger partial charge in [-0.25, -0.2) is 15.0 Å². The summed E-state index contributed by atoms with van der Waals surface area (Å²) in [4.78, 5) is 24.6. The lowest BCUT2D eigenvalue weighted by molar-refractivity contribution is -0.114. The summed E-state index contributed by atoms with van der Waals surface area (Å²) in [7, 11) is 1.50. The molecule has 0 saturated heterocycles. The molecule has 1 aromatic carbocycles. The van der Waals surface area contributed by atoms with Gasteiger partial charge >= 0.3 is 0 Å². The van der Waals surface area contributed by atoms with E-state index < -0.39 is 0 Å². The van der Waals surface area contributed by atoms with Crippen LogP contribution in [0.25, 0.3) is 11.3 Å². The summed E-state index contributed by atoms with van der Waals surface area (Å²) in [6, 6.07) is 7.21. The summed E-state index contributed by atoms with van der Waals surface area (Å²) < 4.78 is 5.37. The Bertz CT molecular complexity index is 1110. The van der Waals surface area contributed by atoms with Crippen molar-refractivity contribution in [3.63, 3.8) is 0 Å². The number of nitrogens with zero attached hydrogens (tertiary/aromatic N) is 4. The topological polar surface area (TPSA) is 127 Å². The minimum Gasteiger partial charge on any atom is -0.495 e. The Morgan fingerprint density at radius 1 is 1.38 bits per heavy atom. The van der Waals surface area contributed by atoms with E-state index in [1.807, 2.05) is 12.3 Å². The average Bonchev–Trinajstić information content (AvgIpc) is 3.11. The summed E-state index contributed by atoms with van der Waals surface area (Å²) >= 11 is 2.98. The van der Waals surface area contributed by atoms with Crippen molar-refractivity contribution in [2.24, 2.45) is 0 Å². The van der Waals surface area contributed by atoms with Gasteiger partial charge in [0.05, 0.1) is 29.2 Å². The first-order valence-corrected chi connectivity index (χ1v) is 10.3. The molecule has 2 heterocycles. The van der Waals surface area contributed by atoms with Gasteiger partial charge in [-0.15, -0.1) is 11.3 Å². The molecule has 0 aliphatic carbocycles. The molecule has 3 rings (SSSR count). The van der Waals surface area contributed by atoms with E-state index in [4.69, 9.17) is 10.5 Å². The maximum absolute atomic E-state index is 11.4. The molecule has 2 aromatic heterocycles.